The van der Waals surface area contributed by atoms with Crippen molar-refractivity contribution in [3.05, 3.63) is 40.4 Å². The minimum atomic E-state index is -4.62. The number of carbonyl (C=O) groups is 2. The Morgan fingerprint density at radius 3 is 2.58 bits per heavy atom. The van der Waals surface area contributed by atoms with E-state index in [0.29, 0.717) is 6.54 Å². The topological polar surface area (TPSA) is 58.2 Å². The third-order valence-electron chi connectivity index (χ3n) is 4.03. The first-order chi connectivity index (χ1) is 12.3. The van der Waals surface area contributed by atoms with Crippen LogP contribution in [-0.4, -0.2) is 18.4 Å². The molecule has 0 unspecified atom stereocenters. The Morgan fingerprint density at radius 1 is 1.15 bits per heavy atom. The molecule has 0 fully saturated rings. The van der Waals surface area contributed by atoms with Crippen molar-refractivity contribution in [1.82, 2.24) is 5.32 Å². The van der Waals surface area contributed by atoms with Crippen LogP contribution < -0.4 is 10.6 Å². The Morgan fingerprint density at radius 2 is 1.92 bits per heavy atom. The van der Waals surface area contributed by atoms with Crippen LogP contribution in [-0.2, 0) is 15.8 Å². The van der Waals surface area contributed by atoms with E-state index in [9.17, 15) is 22.8 Å². The van der Waals surface area contributed by atoms with Gasteiger partial charge in [0.1, 0.15) is 6.42 Å². The first-order valence-corrected chi connectivity index (χ1v) is 8.74. The molecule has 142 valence electrons. The molecule has 2 amide bonds. The summed E-state index contributed by atoms with van der Waals surface area (Å²) in [7, 11) is 0. The smallest absolute Gasteiger partial charge is 0.355 e. The Labute approximate surface area is 154 Å². The summed E-state index contributed by atoms with van der Waals surface area (Å²) in [6, 6.07) is 3.05. The highest BCUT2D eigenvalue weighted by atomic mass is 35.5. The molecule has 0 radical (unpaired) electrons. The van der Waals surface area contributed by atoms with E-state index in [2.05, 4.69) is 16.7 Å². The number of alkyl halides is 3. The predicted molar refractivity (Wildman–Crippen MR) is 93.9 cm³/mol. The molecule has 0 spiro atoms. The third-order valence-corrected chi connectivity index (χ3v) is 4.36. The lowest BCUT2D eigenvalue weighted by Crippen LogP contribution is -2.29. The van der Waals surface area contributed by atoms with Gasteiger partial charge in [-0.1, -0.05) is 23.3 Å². The van der Waals surface area contributed by atoms with E-state index < -0.39 is 35.0 Å². The molecule has 2 rings (SSSR count). The van der Waals surface area contributed by atoms with Gasteiger partial charge in [0.15, 0.2) is 0 Å². The van der Waals surface area contributed by atoms with Crippen LogP contribution in [0.2, 0.25) is 5.02 Å². The first kappa shape index (κ1) is 20.3. The summed E-state index contributed by atoms with van der Waals surface area (Å²) in [6.07, 6.45) is 2.30. The van der Waals surface area contributed by atoms with Gasteiger partial charge in [-0.3, -0.25) is 9.59 Å². The van der Waals surface area contributed by atoms with Crippen molar-refractivity contribution in [2.24, 2.45) is 0 Å². The molecule has 0 saturated heterocycles. The maximum absolute atomic E-state index is 12.8. The summed E-state index contributed by atoms with van der Waals surface area (Å²) in [4.78, 5) is 23.6. The van der Waals surface area contributed by atoms with Gasteiger partial charge in [-0.15, -0.1) is 0 Å². The number of hydrogen-bond acceptors (Lipinski definition) is 2. The summed E-state index contributed by atoms with van der Waals surface area (Å²) in [6.45, 7) is 0.442. The van der Waals surface area contributed by atoms with E-state index in [0.717, 1.165) is 37.8 Å². The predicted octanol–water partition coefficient (Wildman–Crippen LogP) is 4.69. The summed E-state index contributed by atoms with van der Waals surface area (Å²) in [5.41, 5.74) is 0.205. The maximum atomic E-state index is 12.8. The fraction of sp³-hybridized carbons (Fsp3) is 0.444. The molecule has 1 aliphatic carbocycles. The van der Waals surface area contributed by atoms with Crippen LogP contribution in [0.5, 0.6) is 0 Å². The Bertz CT molecular complexity index is 702. The Balaban J connectivity index is 1.80. The van der Waals surface area contributed by atoms with Crippen LogP contribution in [0.15, 0.2) is 29.8 Å². The number of benzene rings is 1. The fourth-order valence-electron chi connectivity index (χ4n) is 2.73. The van der Waals surface area contributed by atoms with E-state index in [4.69, 9.17) is 11.6 Å². The zero-order valence-electron chi connectivity index (χ0n) is 14.1. The van der Waals surface area contributed by atoms with Gasteiger partial charge < -0.3 is 10.6 Å². The van der Waals surface area contributed by atoms with E-state index in [1.165, 1.54) is 18.1 Å². The first-order valence-electron chi connectivity index (χ1n) is 8.37. The van der Waals surface area contributed by atoms with Crippen molar-refractivity contribution in [3.63, 3.8) is 0 Å². The molecule has 1 aromatic rings. The van der Waals surface area contributed by atoms with Crippen molar-refractivity contribution >= 4 is 29.1 Å². The van der Waals surface area contributed by atoms with Crippen molar-refractivity contribution in [1.29, 1.82) is 0 Å². The summed E-state index contributed by atoms with van der Waals surface area (Å²) >= 11 is 5.52. The SMILES string of the molecule is O=C(CC(=O)Nc1ccc(Cl)c(C(F)(F)F)c1)NCCC1=CCCCC1. The highest BCUT2D eigenvalue weighted by molar-refractivity contribution is 6.31. The van der Waals surface area contributed by atoms with Gasteiger partial charge >= 0.3 is 6.18 Å². The lowest BCUT2D eigenvalue weighted by atomic mass is 9.97. The Hall–Kier alpha value is -2.02. The minimum absolute atomic E-state index is 0.0631. The van der Waals surface area contributed by atoms with Crippen LogP contribution in [0, 0.1) is 0 Å². The normalized spacial score (nSPS) is 14.5. The van der Waals surface area contributed by atoms with Crippen molar-refractivity contribution < 1.29 is 22.8 Å². The molecule has 4 nitrogen and oxygen atoms in total. The second kappa shape index (κ2) is 9.07. The van der Waals surface area contributed by atoms with Crippen LogP contribution in [0.25, 0.3) is 0 Å². The second-order valence-corrected chi connectivity index (χ2v) is 6.53. The number of anilines is 1. The van der Waals surface area contributed by atoms with E-state index in [1.807, 2.05) is 0 Å². The Kier molecular flexibility index (Phi) is 7.08. The second-order valence-electron chi connectivity index (χ2n) is 6.13. The molecule has 0 bridgehead atoms. The molecule has 0 aromatic heterocycles. The van der Waals surface area contributed by atoms with Gasteiger partial charge in [0.2, 0.25) is 11.8 Å². The zero-order chi connectivity index (χ0) is 19.2. The quantitative estimate of drug-likeness (QED) is 0.548. The van der Waals surface area contributed by atoms with E-state index >= 15 is 0 Å². The van der Waals surface area contributed by atoms with Crippen molar-refractivity contribution in [2.45, 2.75) is 44.7 Å². The number of allylic oxidation sites excluding steroid dienone is 1. The minimum Gasteiger partial charge on any atom is -0.355 e. The lowest BCUT2D eigenvalue weighted by molar-refractivity contribution is -0.137. The average Bonchev–Trinajstić information content (AvgIpc) is 2.56. The number of hydrogen-bond donors (Lipinski definition) is 2. The standard InChI is InChI=1S/C18H20ClF3N2O2/c19-15-7-6-13(10-14(15)18(20,21)22)24-17(26)11-16(25)23-9-8-12-4-2-1-3-5-12/h4,6-7,10H,1-3,5,8-9,11H2,(H,23,25)(H,24,26). The molecule has 1 aromatic carbocycles. The summed E-state index contributed by atoms with van der Waals surface area (Å²) < 4.78 is 38.4. The van der Waals surface area contributed by atoms with Crippen LogP contribution in [0.1, 0.15) is 44.1 Å². The highest BCUT2D eigenvalue weighted by Crippen LogP contribution is 2.36. The van der Waals surface area contributed by atoms with Crippen molar-refractivity contribution in [3.8, 4) is 0 Å². The van der Waals surface area contributed by atoms with Crippen LogP contribution in [0.4, 0.5) is 18.9 Å². The molecule has 26 heavy (non-hydrogen) atoms. The maximum Gasteiger partial charge on any atom is 0.417 e. The lowest BCUT2D eigenvalue weighted by Gasteiger charge is -2.13. The van der Waals surface area contributed by atoms with Gasteiger partial charge in [0.25, 0.3) is 0 Å². The highest BCUT2D eigenvalue weighted by Gasteiger charge is 2.33. The number of carbonyl (C=O) groups excluding carboxylic acids is 2. The van der Waals surface area contributed by atoms with Gasteiger partial charge in [-0.25, -0.2) is 0 Å². The number of amides is 2. The molecule has 0 atom stereocenters. The molecule has 0 saturated carbocycles. The molecule has 0 heterocycles. The van der Waals surface area contributed by atoms with Gasteiger partial charge in [0.05, 0.1) is 10.6 Å². The number of halogens is 4. The fourth-order valence-corrected chi connectivity index (χ4v) is 2.95. The van der Waals surface area contributed by atoms with Crippen molar-refractivity contribution in [2.75, 3.05) is 11.9 Å². The van der Waals surface area contributed by atoms with E-state index in [-0.39, 0.29) is 5.69 Å². The average molecular weight is 389 g/mol. The molecule has 0 aliphatic heterocycles. The summed E-state index contributed by atoms with van der Waals surface area (Å²) in [5.74, 6) is -1.15. The molecular weight excluding hydrogens is 369 g/mol. The zero-order valence-corrected chi connectivity index (χ0v) is 14.8. The third kappa shape index (κ3) is 6.37. The summed E-state index contributed by atoms with van der Waals surface area (Å²) in [5, 5.41) is 4.48. The number of rotatable bonds is 6. The van der Waals surface area contributed by atoms with Crippen LogP contribution in [0.3, 0.4) is 0 Å². The number of nitrogens with one attached hydrogen (secondary N) is 2. The van der Waals surface area contributed by atoms with Gasteiger partial charge in [0, 0.05) is 12.2 Å². The molecule has 8 heteroatoms. The van der Waals surface area contributed by atoms with E-state index in [1.54, 1.807) is 0 Å². The molecule has 1 aliphatic rings. The van der Waals surface area contributed by atoms with Crippen LogP contribution >= 0.6 is 11.6 Å². The molecular formula is C18H20ClF3N2O2. The molecule has 2 N–H and O–H groups in total. The van der Waals surface area contributed by atoms with Gasteiger partial charge in [-0.05, 0) is 50.3 Å². The van der Waals surface area contributed by atoms with Gasteiger partial charge in [-0.2, -0.15) is 13.2 Å². The monoisotopic (exact) mass is 388 g/mol. The largest absolute Gasteiger partial charge is 0.417 e.